The number of rotatable bonds is 6. The standard InChI is InChI=1S/C8H20O3Si/c1-4-5-12(3,11-2)7-8(10)6-9/h8-10H,4-7H2,1-3H3. The summed E-state index contributed by atoms with van der Waals surface area (Å²) in [5.74, 6) is 0. The van der Waals surface area contributed by atoms with Crippen LogP contribution in [-0.2, 0) is 4.43 Å². The highest BCUT2D eigenvalue weighted by Crippen LogP contribution is 2.19. The smallest absolute Gasteiger partial charge is 0.191 e. The average Bonchev–Trinajstić information content (AvgIpc) is 2.05. The third-order valence-corrected chi connectivity index (χ3v) is 6.03. The second kappa shape index (κ2) is 5.69. The van der Waals surface area contributed by atoms with Crippen LogP contribution in [0.5, 0.6) is 0 Å². The minimum absolute atomic E-state index is 0.157. The van der Waals surface area contributed by atoms with E-state index in [0.717, 1.165) is 12.5 Å². The zero-order valence-electron chi connectivity index (χ0n) is 8.21. The summed E-state index contributed by atoms with van der Waals surface area (Å²) in [7, 11) is -0.0171. The molecule has 2 atom stereocenters. The lowest BCUT2D eigenvalue weighted by molar-refractivity contribution is 0.105. The molecular formula is C8H20O3Si. The molecule has 2 N–H and O–H groups in total. The number of aliphatic hydroxyl groups is 2. The number of hydrogen-bond acceptors (Lipinski definition) is 3. The van der Waals surface area contributed by atoms with Crippen molar-refractivity contribution < 1.29 is 14.6 Å². The molecule has 3 nitrogen and oxygen atoms in total. The molecule has 2 unspecified atom stereocenters. The van der Waals surface area contributed by atoms with E-state index in [2.05, 4.69) is 13.5 Å². The SMILES string of the molecule is CCC[Si](C)(CC(O)CO)OC. The van der Waals surface area contributed by atoms with Crippen molar-refractivity contribution in [2.75, 3.05) is 13.7 Å². The van der Waals surface area contributed by atoms with E-state index in [9.17, 15) is 5.11 Å². The minimum Gasteiger partial charge on any atom is -0.420 e. The lowest BCUT2D eigenvalue weighted by Gasteiger charge is -2.26. The quantitative estimate of drug-likeness (QED) is 0.617. The summed E-state index contributed by atoms with van der Waals surface area (Å²) in [5.41, 5.74) is 0. The van der Waals surface area contributed by atoms with Gasteiger partial charge in [-0.05, 0) is 18.6 Å². The van der Waals surface area contributed by atoms with Gasteiger partial charge in [-0.3, -0.25) is 0 Å². The van der Waals surface area contributed by atoms with E-state index < -0.39 is 14.4 Å². The van der Waals surface area contributed by atoms with Crippen LogP contribution in [0, 0.1) is 0 Å². The van der Waals surface area contributed by atoms with Gasteiger partial charge < -0.3 is 14.6 Å². The lowest BCUT2D eigenvalue weighted by Crippen LogP contribution is -2.37. The highest BCUT2D eigenvalue weighted by atomic mass is 28.4. The Morgan fingerprint density at radius 3 is 2.42 bits per heavy atom. The van der Waals surface area contributed by atoms with Gasteiger partial charge in [0, 0.05) is 7.11 Å². The maximum atomic E-state index is 9.26. The molecule has 0 rings (SSSR count). The van der Waals surface area contributed by atoms with E-state index in [1.165, 1.54) is 0 Å². The van der Waals surface area contributed by atoms with Gasteiger partial charge in [-0.15, -0.1) is 0 Å². The van der Waals surface area contributed by atoms with Crippen molar-refractivity contribution in [2.45, 2.75) is 38.1 Å². The summed E-state index contributed by atoms with van der Waals surface area (Å²) in [5, 5.41) is 17.9. The highest BCUT2D eigenvalue weighted by molar-refractivity contribution is 6.72. The Hall–Kier alpha value is 0.0969. The highest BCUT2D eigenvalue weighted by Gasteiger charge is 2.29. The van der Waals surface area contributed by atoms with Crippen molar-refractivity contribution in [3.8, 4) is 0 Å². The number of hydrogen-bond donors (Lipinski definition) is 2. The van der Waals surface area contributed by atoms with Gasteiger partial charge in [0.2, 0.25) is 0 Å². The third-order valence-electron chi connectivity index (χ3n) is 2.15. The largest absolute Gasteiger partial charge is 0.420 e. The molecule has 0 aromatic heterocycles. The molecule has 0 aliphatic heterocycles. The molecule has 0 spiro atoms. The summed E-state index contributed by atoms with van der Waals surface area (Å²) in [4.78, 5) is 0. The molecule has 0 saturated carbocycles. The van der Waals surface area contributed by atoms with Gasteiger partial charge in [0.05, 0.1) is 12.7 Å². The first kappa shape index (κ1) is 12.1. The van der Waals surface area contributed by atoms with E-state index in [1.807, 2.05) is 0 Å². The van der Waals surface area contributed by atoms with Gasteiger partial charge >= 0.3 is 0 Å². The Bertz CT molecular complexity index is 121. The average molecular weight is 192 g/mol. The normalized spacial score (nSPS) is 18.8. The molecule has 4 heteroatoms. The maximum absolute atomic E-state index is 9.26. The molecule has 0 saturated heterocycles. The summed E-state index contributed by atoms with van der Waals surface area (Å²) >= 11 is 0. The van der Waals surface area contributed by atoms with Crippen LogP contribution in [0.2, 0.25) is 18.6 Å². The summed E-state index contributed by atoms with van der Waals surface area (Å²) in [6, 6.07) is 1.67. The van der Waals surface area contributed by atoms with Gasteiger partial charge in [0.25, 0.3) is 0 Å². The van der Waals surface area contributed by atoms with Crippen LogP contribution >= 0.6 is 0 Å². The van der Waals surface area contributed by atoms with Crippen molar-refractivity contribution in [1.82, 2.24) is 0 Å². The molecule has 0 radical (unpaired) electrons. The first-order valence-corrected chi connectivity index (χ1v) is 7.24. The van der Waals surface area contributed by atoms with E-state index >= 15 is 0 Å². The Morgan fingerprint density at radius 2 is 2.08 bits per heavy atom. The van der Waals surface area contributed by atoms with Gasteiger partial charge in [-0.25, -0.2) is 0 Å². The van der Waals surface area contributed by atoms with Crippen molar-refractivity contribution in [3.05, 3.63) is 0 Å². The molecule has 0 heterocycles. The Balaban J connectivity index is 3.94. The van der Waals surface area contributed by atoms with E-state index in [-0.39, 0.29) is 6.61 Å². The van der Waals surface area contributed by atoms with E-state index in [1.54, 1.807) is 7.11 Å². The molecule has 0 aromatic rings. The monoisotopic (exact) mass is 192 g/mol. The van der Waals surface area contributed by atoms with Crippen molar-refractivity contribution in [2.24, 2.45) is 0 Å². The van der Waals surface area contributed by atoms with Crippen LogP contribution in [0.4, 0.5) is 0 Å². The maximum Gasteiger partial charge on any atom is 0.191 e. The van der Waals surface area contributed by atoms with Gasteiger partial charge in [0.1, 0.15) is 0 Å². The zero-order valence-corrected chi connectivity index (χ0v) is 9.21. The molecular weight excluding hydrogens is 172 g/mol. The third kappa shape index (κ3) is 4.20. The van der Waals surface area contributed by atoms with Crippen LogP contribution in [0.3, 0.4) is 0 Å². The molecule has 0 aliphatic rings. The summed E-state index contributed by atoms with van der Waals surface area (Å²) in [6.07, 6.45) is 0.475. The first-order chi connectivity index (χ1) is 5.58. The summed E-state index contributed by atoms with van der Waals surface area (Å²) in [6.45, 7) is 4.04. The van der Waals surface area contributed by atoms with E-state index in [0.29, 0.717) is 6.04 Å². The van der Waals surface area contributed by atoms with Crippen LogP contribution in [-0.4, -0.2) is 38.4 Å². The van der Waals surface area contributed by atoms with E-state index in [4.69, 9.17) is 9.53 Å². The zero-order chi connectivity index (χ0) is 9.61. The van der Waals surface area contributed by atoms with Crippen LogP contribution in [0.25, 0.3) is 0 Å². The van der Waals surface area contributed by atoms with Gasteiger partial charge in [-0.2, -0.15) is 0 Å². The molecule has 0 aromatic carbocycles. The number of aliphatic hydroxyl groups excluding tert-OH is 2. The molecule has 12 heavy (non-hydrogen) atoms. The minimum atomic E-state index is -1.72. The molecule has 0 bridgehead atoms. The molecule has 0 fully saturated rings. The predicted octanol–water partition coefficient (Wildman–Crippen LogP) is 0.971. The fraction of sp³-hybridized carbons (Fsp3) is 1.00. The fourth-order valence-electron chi connectivity index (χ4n) is 1.38. The second-order valence-corrected chi connectivity index (χ2v) is 7.66. The first-order valence-electron chi connectivity index (χ1n) is 4.42. The van der Waals surface area contributed by atoms with Crippen LogP contribution in [0.15, 0.2) is 0 Å². The predicted molar refractivity (Wildman–Crippen MR) is 51.6 cm³/mol. The van der Waals surface area contributed by atoms with Crippen molar-refractivity contribution in [3.63, 3.8) is 0 Å². The Labute approximate surface area is 75.5 Å². The topological polar surface area (TPSA) is 49.7 Å². The molecule has 0 amide bonds. The second-order valence-electron chi connectivity index (χ2n) is 3.44. The van der Waals surface area contributed by atoms with Crippen molar-refractivity contribution >= 4 is 8.32 Å². The van der Waals surface area contributed by atoms with Crippen molar-refractivity contribution in [1.29, 1.82) is 0 Å². The Kier molecular flexibility index (Phi) is 5.74. The fourth-order valence-corrected chi connectivity index (χ4v) is 4.14. The Morgan fingerprint density at radius 1 is 1.50 bits per heavy atom. The summed E-state index contributed by atoms with van der Waals surface area (Å²) < 4.78 is 5.42. The molecule has 0 aliphatic carbocycles. The van der Waals surface area contributed by atoms with Gasteiger partial charge in [-0.1, -0.05) is 13.3 Å². The van der Waals surface area contributed by atoms with Crippen LogP contribution < -0.4 is 0 Å². The lowest BCUT2D eigenvalue weighted by atomic mass is 10.4. The van der Waals surface area contributed by atoms with Gasteiger partial charge in [0.15, 0.2) is 8.32 Å². The van der Waals surface area contributed by atoms with Crippen LogP contribution in [0.1, 0.15) is 13.3 Å². The molecule has 74 valence electrons.